The van der Waals surface area contributed by atoms with E-state index in [2.05, 4.69) is 36.3 Å². The molecule has 0 fully saturated rings. The highest BCUT2D eigenvalue weighted by Crippen LogP contribution is 2.22. The fourth-order valence-corrected chi connectivity index (χ4v) is 1.89. The van der Waals surface area contributed by atoms with Crippen LogP contribution in [-0.2, 0) is 12.9 Å². The summed E-state index contributed by atoms with van der Waals surface area (Å²) in [4.78, 5) is 0. The van der Waals surface area contributed by atoms with Gasteiger partial charge in [0.2, 0.25) is 0 Å². The van der Waals surface area contributed by atoms with E-state index >= 15 is 0 Å². The highest BCUT2D eigenvalue weighted by Gasteiger charge is 2.06. The van der Waals surface area contributed by atoms with E-state index in [1.54, 1.807) is 0 Å². The van der Waals surface area contributed by atoms with Crippen LogP contribution in [0.2, 0.25) is 0 Å². The molecule has 2 rings (SSSR count). The van der Waals surface area contributed by atoms with Crippen LogP contribution in [0.25, 0.3) is 11.3 Å². The molecule has 78 valence electrons. The van der Waals surface area contributed by atoms with Crippen molar-refractivity contribution in [3.63, 3.8) is 0 Å². The molecule has 0 bridgehead atoms. The predicted molar refractivity (Wildman–Crippen MR) is 62.9 cm³/mol. The summed E-state index contributed by atoms with van der Waals surface area (Å²) >= 11 is 5.75. The lowest BCUT2D eigenvalue weighted by molar-refractivity contribution is 0.775. The van der Waals surface area contributed by atoms with Gasteiger partial charge in [-0.1, -0.05) is 24.3 Å². The Morgan fingerprint density at radius 2 is 1.93 bits per heavy atom. The molecule has 0 aliphatic rings. The normalized spacial score (nSPS) is 10.6. The third-order valence-electron chi connectivity index (χ3n) is 2.50. The number of hydrogen-bond acceptors (Lipinski definition) is 1. The number of hydrogen-bond donors (Lipinski definition) is 0. The molecule has 2 aromatic rings. The summed E-state index contributed by atoms with van der Waals surface area (Å²) in [6, 6.07) is 8.27. The average molecular weight is 221 g/mol. The zero-order valence-corrected chi connectivity index (χ0v) is 9.62. The van der Waals surface area contributed by atoms with Crippen molar-refractivity contribution in [3.05, 3.63) is 41.6 Å². The van der Waals surface area contributed by atoms with Gasteiger partial charge in [-0.15, -0.1) is 11.6 Å². The Morgan fingerprint density at radius 3 is 2.40 bits per heavy atom. The van der Waals surface area contributed by atoms with Gasteiger partial charge in [-0.05, 0) is 18.1 Å². The molecule has 0 radical (unpaired) electrons. The zero-order valence-electron chi connectivity index (χ0n) is 8.87. The molecule has 0 saturated heterocycles. The number of rotatable bonds is 2. The van der Waals surface area contributed by atoms with Gasteiger partial charge in [0.05, 0.1) is 11.9 Å². The summed E-state index contributed by atoms with van der Waals surface area (Å²) in [5.41, 5.74) is 4.67. The van der Waals surface area contributed by atoms with Crippen molar-refractivity contribution in [2.75, 3.05) is 0 Å². The average Bonchev–Trinajstić information content (AvgIpc) is 2.59. The number of alkyl halides is 1. The van der Waals surface area contributed by atoms with E-state index in [-0.39, 0.29) is 0 Å². The Bertz CT molecular complexity index is 437. The molecule has 0 aliphatic carbocycles. The summed E-state index contributed by atoms with van der Waals surface area (Å²) in [5.74, 6) is 0.560. The zero-order chi connectivity index (χ0) is 10.8. The molecular weight excluding hydrogens is 208 g/mol. The summed E-state index contributed by atoms with van der Waals surface area (Å²) in [7, 11) is 1.96. The van der Waals surface area contributed by atoms with E-state index in [4.69, 9.17) is 11.6 Å². The van der Waals surface area contributed by atoms with E-state index in [0.29, 0.717) is 5.88 Å². The minimum absolute atomic E-state index is 0.560. The van der Waals surface area contributed by atoms with Gasteiger partial charge in [0, 0.05) is 18.5 Å². The minimum atomic E-state index is 0.560. The third-order valence-corrected chi connectivity index (χ3v) is 2.81. The lowest BCUT2D eigenvalue weighted by Crippen LogP contribution is -1.94. The van der Waals surface area contributed by atoms with Crippen LogP contribution in [0.5, 0.6) is 0 Å². The molecule has 0 unspecified atom stereocenters. The fourth-order valence-electron chi connectivity index (χ4n) is 1.71. The van der Waals surface area contributed by atoms with Crippen molar-refractivity contribution in [1.29, 1.82) is 0 Å². The number of aromatic nitrogens is 2. The van der Waals surface area contributed by atoms with E-state index in [1.165, 1.54) is 11.1 Å². The molecule has 0 spiro atoms. The smallest absolute Gasteiger partial charge is 0.0708 e. The summed E-state index contributed by atoms with van der Waals surface area (Å²) in [6.45, 7) is 2.07. The van der Waals surface area contributed by atoms with Crippen LogP contribution in [0.1, 0.15) is 11.1 Å². The standard InChI is InChI=1S/C12H13ClN2/c1-9-8-14-15(2)12(9)11-5-3-10(7-13)4-6-11/h3-6,8H,7H2,1-2H3. The first-order chi connectivity index (χ1) is 7.22. The molecule has 1 aromatic carbocycles. The van der Waals surface area contributed by atoms with Crippen molar-refractivity contribution in [2.24, 2.45) is 7.05 Å². The van der Waals surface area contributed by atoms with Crippen LogP contribution in [0.15, 0.2) is 30.5 Å². The Kier molecular flexibility index (Phi) is 2.78. The van der Waals surface area contributed by atoms with Gasteiger partial charge in [0.1, 0.15) is 0 Å². The minimum Gasteiger partial charge on any atom is -0.268 e. The number of halogens is 1. The van der Waals surface area contributed by atoms with Crippen LogP contribution in [0, 0.1) is 6.92 Å². The SMILES string of the molecule is Cc1cnn(C)c1-c1ccc(CCl)cc1. The van der Waals surface area contributed by atoms with Gasteiger partial charge in [-0.3, -0.25) is 4.68 Å². The van der Waals surface area contributed by atoms with Gasteiger partial charge in [-0.25, -0.2) is 0 Å². The van der Waals surface area contributed by atoms with E-state index in [1.807, 2.05) is 17.9 Å². The maximum atomic E-state index is 5.75. The number of benzene rings is 1. The molecule has 1 heterocycles. The molecule has 0 aliphatic heterocycles. The van der Waals surface area contributed by atoms with Crippen LogP contribution < -0.4 is 0 Å². The molecule has 0 saturated carbocycles. The van der Waals surface area contributed by atoms with Crippen LogP contribution in [0.3, 0.4) is 0 Å². The summed E-state index contributed by atoms with van der Waals surface area (Å²) in [5, 5.41) is 4.23. The Labute approximate surface area is 94.5 Å². The van der Waals surface area contributed by atoms with Gasteiger partial charge < -0.3 is 0 Å². The molecule has 2 nitrogen and oxygen atoms in total. The molecule has 1 aromatic heterocycles. The summed E-state index contributed by atoms with van der Waals surface area (Å²) < 4.78 is 1.89. The molecule has 3 heteroatoms. The Morgan fingerprint density at radius 1 is 1.27 bits per heavy atom. The highest BCUT2D eigenvalue weighted by molar-refractivity contribution is 6.17. The van der Waals surface area contributed by atoms with Crippen molar-refractivity contribution < 1.29 is 0 Å². The Balaban J connectivity index is 2.45. The van der Waals surface area contributed by atoms with Gasteiger partial charge >= 0.3 is 0 Å². The van der Waals surface area contributed by atoms with Crippen LogP contribution in [0.4, 0.5) is 0 Å². The summed E-state index contributed by atoms with van der Waals surface area (Å²) in [6.07, 6.45) is 1.88. The van der Waals surface area contributed by atoms with E-state index < -0.39 is 0 Å². The number of nitrogens with zero attached hydrogens (tertiary/aromatic N) is 2. The first kappa shape index (κ1) is 10.2. The van der Waals surface area contributed by atoms with E-state index in [9.17, 15) is 0 Å². The monoisotopic (exact) mass is 220 g/mol. The number of aryl methyl sites for hydroxylation is 2. The quantitative estimate of drug-likeness (QED) is 0.711. The third kappa shape index (κ3) is 1.90. The lowest BCUT2D eigenvalue weighted by Gasteiger charge is -2.04. The molecule has 0 atom stereocenters. The van der Waals surface area contributed by atoms with Crippen molar-refractivity contribution in [3.8, 4) is 11.3 Å². The Hall–Kier alpha value is -1.28. The lowest BCUT2D eigenvalue weighted by atomic mass is 10.1. The molecule has 0 amide bonds. The van der Waals surface area contributed by atoms with Crippen molar-refractivity contribution in [2.45, 2.75) is 12.8 Å². The van der Waals surface area contributed by atoms with Crippen molar-refractivity contribution in [1.82, 2.24) is 9.78 Å². The van der Waals surface area contributed by atoms with Crippen LogP contribution in [-0.4, -0.2) is 9.78 Å². The second kappa shape index (κ2) is 4.07. The van der Waals surface area contributed by atoms with Gasteiger partial charge in [0.15, 0.2) is 0 Å². The topological polar surface area (TPSA) is 17.8 Å². The maximum absolute atomic E-state index is 5.75. The predicted octanol–water partition coefficient (Wildman–Crippen LogP) is 3.13. The maximum Gasteiger partial charge on any atom is 0.0708 e. The highest BCUT2D eigenvalue weighted by atomic mass is 35.5. The van der Waals surface area contributed by atoms with Gasteiger partial charge in [0.25, 0.3) is 0 Å². The van der Waals surface area contributed by atoms with Gasteiger partial charge in [-0.2, -0.15) is 5.10 Å². The molecule has 15 heavy (non-hydrogen) atoms. The van der Waals surface area contributed by atoms with E-state index in [0.717, 1.165) is 11.3 Å². The second-order valence-electron chi connectivity index (χ2n) is 3.63. The largest absolute Gasteiger partial charge is 0.268 e. The van der Waals surface area contributed by atoms with Crippen LogP contribution >= 0.6 is 11.6 Å². The fraction of sp³-hybridized carbons (Fsp3) is 0.250. The molecular formula is C12H13ClN2. The first-order valence-electron chi connectivity index (χ1n) is 4.86. The molecule has 0 N–H and O–H groups in total. The second-order valence-corrected chi connectivity index (χ2v) is 3.90. The first-order valence-corrected chi connectivity index (χ1v) is 5.39. The van der Waals surface area contributed by atoms with Crippen molar-refractivity contribution >= 4 is 11.6 Å².